The topological polar surface area (TPSA) is 92.8 Å². The summed E-state index contributed by atoms with van der Waals surface area (Å²) in [5.74, 6) is -1.06. The second-order valence-corrected chi connectivity index (χ2v) is 10.3. The molecule has 2 aliphatic carbocycles. The molecule has 3 amide bonds. The fraction of sp³-hybridized carbons (Fsp3) is 0.385. The van der Waals surface area contributed by atoms with E-state index < -0.39 is 18.5 Å². The highest BCUT2D eigenvalue weighted by Crippen LogP contribution is 2.56. The van der Waals surface area contributed by atoms with E-state index >= 15 is 0 Å². The molecule has 2 saturated carbocycles. The Labute approximate surface area is 206 Å². The van der Waals surface area contributed by atoms with Gasteiger partial charge < -0.3 is 10.1 Å². The lowest BCUT2D eigenvalue weighted by Gasteiger charge is -2.19. The van der Waals surface area contributed by atoms with E-state index in [2.05, 4.69) is 21.2 Å². The van der Waals surface area contributed by atoms with Crippen LogP contribution in [-0.4, -0.2) is 30.3 Å². The largest absolute Gasteiger partial charge is 0.452 e. The van der Waals surface area contributed by atoms with Gasteiger partial charge in [0.05, 0.1) is 23.1 Å². The molecule has 176 valence electrons. The number of fused-ring (bicyclic) bond motifs is 5. The quantitative estimate of drug-likeness (QED) is 0.462. The van der Waals surface area contributed by atoms with Gasteiger partial charge in [0.15, 0.2) is 6.61 Å². The number of imide groups is 1. The summed E-state index contributed by atoms with van der Waals surface area (Å²) in [6.07, 6.45) is 3.04. The molecule has 2 bridgehead atoms. The molecule has 3 aliphatic rings. The molecular formula is C26H25BrN2O5. The van der Waals surface area contributed by atoms with Crippen molar-refractivity contribution < 1.29 is 23.9 Å². The molecule has 3 fully saturated rings. The first-order valence-corrected chi connectivity index (χ1v) is 12.3. The van der Waals surface area contributed by atoms with Gasteiger partial charge in [-0.1, -0.05) is 15.9 Å². The van der Waals surface area contributed by atoms with Gasteiger partial charge in [-0.15, -0.1) is 0 Å². The normalized spacial score (nSPS) is 25.0. The van der Waals surface area contributed by atoms with Crippen molar-refractivity contribution in [3.8, 4) is 0 Å². The van der Waals surface area contributed by atoms with Crippen LogP contribution in [-0.2, 0) is 19.1 Å². The molecule has 0 unspecified atom stereocenters. The number of nitrogens with zero attached hydrogens (tertiary/aromatic N) is 1. The number of rotatable bonds is 5. The average molecular weight is 525 g/mol. The smallest absolute Gasteiger partial charge is 0.338 e. The second-order valence-electron chi connectivity index (χ2n) is 9.48. The number of nitrogens with one attached hydrogen (secondary N) is 1. The Balaban J connectivity index is 1.20. The third kappa shape index (κ3) is 3.83. The molecule has 0 aromatic heterocycles. The number of carbonyl (C=O) groups is 4. The van der Waals surface area contributed by atoms with Crippen molar-refractivity contribution in [2.24, 2.45) is 23.7 Å². The number of amides is 3. The van der Waals surface area contributed by atoms with Crippen LogP contribution >= 0.6 is 15.9 Å². The molecule has 1 N–H and O–H groups in total. The second kappa shape index (κ2) is 8.65. The van der Waals surface area contributed by atoms with E-state index in [1.807, 2.05) is 26.0 Å². The van der Waals surface area contributed by atoms with Gasteiger partial charge in [-0.05, 0) is 92.5 Å². The Morgan fingerprint density at radius 2 is 1.62 bits per heavy atom. The van der Waals surface area contributed by atoms with Crippen molar-refractivity contribution in [3.63, 3.8) is 0 Å². The van der Waals surface area contributed by atoms with E-state index in [-0.39, 0.29) is 29.2 Å². The number of halogens is 1. The van der Waals surface area contributed by atoms with Gasteiger partial charge in [-0.3, -0.25) is 19.3 Å². The van der Waals surface area contributed by atoms with Crippen LogP contribution in [0.3, 0.4) is 0 Å². The molecule has 0 spiro atoms. The van der Waals surface area contributed by atoms with Crippen molar-refractivity contribution in [1.82, 2.24) is 0 Å². The Hall–Kier alpha value is -3.00. The summed E-state index contributed by atoms with van der Waals surface area (Å²) in [6, 6.07) is 9.96. The highest BCUT2D eigenvalue weighted by molar-refractivity contribution is 9.10. The number of benzene rings is 2. The van der Waals surface area contributed by atoms with Crippen LogP contribution in [0.25, 0.3) is 0 Å². The monoisotopic (exact) mass is 524 g/mol. The number of carbonyl (C=O) groups excluding carboxylic acids is 4. The fourth-order valence-electron chi connectivity index (χ4n) is 5.73. The van der Waals surface area contributed by atoms with Crippen LogP contribution < -0.4 is 10.2 Å². The van der Waals surface area contributed by atoms with Gasteiger partial charge in [0.1, 0.15) is 0 Å². The number of aryl methyl sites for hydroxylation is 2. The van der Waals surface area contributed by atoms with Crippen LogP contribution in [0.15, 0.2) is 40.9 Å². The molecule has 1 heterocycles. The molecule has 1 aliphatic heterocycles. The standard InChI is InChI=1S/C26H25BrN2O5/c1-13-10-20(14(2)9-19(13)27)28-21(30)12-34-26(33)15-5-7-18(8-6-15)29-24(31)22-16-3-4-17(11-16)23(22)25(29)32/h5-10,16-17,22-23H,3-4,11-12H2,1-2H3,(H,28,30)/t16-,17-,22-,23-/m0/s1. The number of ether oxygens (including phenoxy) is 1. The number of anilines is 2. The summed E-state index contributed by atoms with van der Waals surface area (Å²) in [4.78, 5) is 51.9. The van der Waals surface area contributed by atoms with Crippen molar-refractivity contribution >= 4 is 51.0 Å². The van der Waals surface area contributed by atoms with E-state index in [4.69, 9.17) is 4.74 Å². The van der Waals surface area contributed by atoms with Gasteiger partial charge in [-0.2, -0.15) is 0 Å². The van der Waals surface area contributed by atoms with Crippen LogP contribution in [0.1, 0.15) is 40.7 Å². The predicted octanol–water partition coefficient (Wildman–Crippen LogP) is 4.40. The minimum absolute atomic E-state index is 0.118. The van der Waals surface area contributed by atoms with Crippen LogP contribution in [0.4, 0.5) is 11.4 Å². The van der Waals surface area contributed by atoms with E-state index in [1.54, 1.807) is 12.1 Å². The molecule has 5 rings (SSSR count). The zero-order valence-corrected chi connectivity index (χ0v) is 20.6. The lowest BCUT2D eigenvalue weighted by molar-refractivity contribution is -0.123. The molecule has 2 aromatic carbocycles. The van der Waals surface area contributed by atoms with E-state index in [0.717, 1.165) is 34.9 Å². The Morgan fingerprint density at radius 3 is 2.24 bits per heavy atom. The Bertz CT molecular complexity index is 1180. The number of hydrogen-bond donors (Lipinski definition) is 1. The highest BCUT2D eigenvalue weighted by Gasteiger charge is 2.61. The molecule has 7 nitrogen and oxygen atoms in total. The molecule has 0 radical (unpaired) electrons. The summed E-state index contributed by atoms with van der Waals surface area (Å²) >= 11 is 3.45. The minimum atomic E-state index is -0.653. The molecule has 8 heteroatoms. The third-order valence-corrected chi connectivity index (χ3v) is 8.26. The van der Waals surface area contributed by atoms with Crippen LogP contribution in [0.2, 0.25) is 0 Å². The minimum Gasteiger partial charge on any atom is -0.452 e. The maximum absolute atomic E-state index is 13.0. The van der Waals surface area contributed by atoms with Crippen molar-refractivity contribution in [1.29, 1.82) is 0 Å². The van der Waals surface area contributed by atoms with Gasteiger partial charge in [0.2, 0.25) is 11.8 Å². The van der Waals surface area contributed by atoms with Crippen molar-refractivity contribution in [2.45, 2.75) is 33.1 Å². The summed E-state index contributed by atoms with van der Waals surface area (Å²) in [5, 5.41) is 2.75. The molecule has 4 atom stereocenters. The molecule has 34 heavy (non-hydrogen) atoms. The van der Waals surface area contributed by atoms with Gasteiger partial charge in [0.25, 0.3) is 5.91 Å². The first-order chi connectivity index (χ1) is 16.2. The highest BCUT2D eigenvalue weighted by atomic mass is 79.9. The summed E-state index contributed by atoms with van der Waals surface area (Å²) < 4.78 is 6.10. The zero-order valence-electron chi connectivity index (χ0n) is 19.0. The third-order valence-electron chi connectivity index (χ3n) is 7.40. The molecule has 1 saturated heterocycles. The van der Waals surface area contributed by atoms with E-state index in [1.165, 1.54) is 17.0 Å². The summed E-state index contributed by atoms with van der Waals surface area (Å²) in [5.41, 5.74) is 3.23. The predicted molar refractivity (Wildman–Crippen MR) is 129 cm³/mol. The van der Waals surface area contributed by atoms with Gasteiger partial charge >= 0.3 is 5.97 Å². The van der Waals surface area contributed by atoms with Gasteiger partial charge in [-0.25, -0.2) is 4.79 Å². The summed E-state index contributed by atoms with van der Waals surface area (Å²) in [6.45, 7) is 3.37. The van der Waals surface area contributed by atoms with Crippen LogP contribution in [0.5, 0.6) is 0 Å². The SMILES string of the molecule is Cc1cc(NC(=O)COC(=O)c2ccc(N3C(=O)[C@H]4[C@H]5CC[C@@H](C5)[C@@H]4C3=O)cc2)c(C)cc1Br. The lowest BCUT2D eigenvalue weighted by Crippen LogP contribution is -2.32. The maximum Gasteiger partial charge on any atom is 0.338 e. The van der Waals surface area contributed by atoms with E-state index in [9.17, 15) is 19.2 Å². The Kier molecular flexibility index (Phi) is 5.80. The molecule has 2 aromatic rings. The van der Waals surface area contributed by atoms with Gasteiger partial charge in [0, 0.05) is 10.2 Å². The fourth-order valence-corrected chi connectivity index (χ4v) is 6.18. The van der Waals surface area contributed by atoms with Crippen LogP contribution in [0, 0.1) is 37.5 Å². The van der Waals surface area contributed by atoms with E-state index in [0.29, 0.717) is 23.2 Å². The van der Waals surface area contributed by atoms with Crippen molar-refractivity contribution in [3.05, 3.63) is 57.6 Å². The number of esters is 1. The van der Waals surface area contributed by atoms with Crippen molar-refractivity contribution in [2.75, 3.05) is 16.8 Å². The maximum atomic E-state index is 13.0. The average Bonchev–Trinajstić information content (AvgIpc) is 3.49. The number of hydrogen-bond acceptors (Lipinski definition) is 5. The summed E-state index contributed by atoms with van der Waals surface area (Å²) in [7, 11) is 0. The molecular weight excluding hydrogens is 500 g/mol. The first-order valence-electron chi connectivity index (χ1n) is 11.5. The zero-order chi connectivity index (χ0) is 24.1. The Morgan fingerprint density at radius 1 is 1.00 bits per heavy atom. The lowest BCUT2D eigenvalue weighted by atomic mass is 9.81. The first kappa shape index (κ1) is 22.8.